The largest absolute Gasteiger partial charge is 0.342 e. The summed E-state index contributed by atoms with van der Waals surface area (Å²) >= 11 is 0. The van der Waals surface area contributed by atoms with Crippen LogP contribution in [-0.2, 0) is 4.79 Å². The number of amides is 1. The Morgan fingerprint density at radius 2 is 1.88 bits per heavy atom. The average Bonchev–Trinajstić information content (AvgIpc) is 2.81. The van der Waals surface area contributed by atoms with Crippen LogP contribution < -0.4 is 5.32 Å². The van der Waals surface area contributed by atoms with Gasteiger partial charge in [-0.2, -0.15) is 0 Å². The van der Waals surface area contributed by atoms with Gasteiger partial charge in [0.2, 0.25) is 5.91 Å². The molecule has 1 fully saturated rings. The van der Waals surface area contributed by atoms with Gasteiger partial charge in [-0.05, 0) is 39.5 Å². The molecule has 0 aromatic heterocycles. The topological polar surface area (TPSA) is 32.3 Å². The zero-order valence-electron chi connectivity index (χ0n) is 11.0. The van der Waals surface area contributed by atoms with Crippen LogP contribution in [0.3, 0.4) is 0 Å². The Balaban J connectivity index is 2.24. The van der Waals surface area contributed by atoms with Gasteiger partial charge in [0, 0.05) is 19.1 Å². The van der Waals surface area contributed by atoms with Gasteiger partial charge in [-0.1, -0.05) is 12.8 Å². The second-order valence-corrected chi connectivity index (χ2v) is 4.78. The molecule has 0 spiro atoms. The smallest absolute Gasteiger partial charge is 0.236 e. The molecule has 1 unspecified atom stereocenters. The van der Waals surface area contributed by atoms with Crippen LogP contribution in [0.1, 0.15) is 46.5 Å². The number of hydrogen-bond donors (Lipinski definition) is 1. The van der Waals surface area contributed by atoms with E-state index in [1.807, 2.05) is 18.7 Å². The van der Waals surface area contributed by atoms with E-state index in [-0.39, 0.29) is 5.91 Å². The van der Waals surface area contributed by atoms with Crippen LogP contribution in [0.5, 0.6) is 0 Å². The fourth-order valence-electron chi connectivity index (χ4n) is 2.56. The number of carbonyl (C=O) groups excluding carboxylic acids is 1. The Bertz CT molecular complexity index is 208. The molecule has 1 saturated carbocycles. The molecular formula is C13H26N2O. The maximum atomic E-state index is 11.8. The highest BCUT2D eigenvalue weighted by Crippen LogP contribution is 2.27. The molecule has 1 aliphatic rings. The summed E-state index contributed by atoms with van der Waals surface area (Å²) in [6, 6.07) is 0.488. The maximum absolute atomic E-state index is 11.8. The van der Waals surface area contributed by atoms with Gasteiger partial charge in [0.15, 0.2) is 0 Å². The molecule has 1 aliphatic carbocycles. The summed E-state index contributed by atoms with van der Waals surface area (Å²) in [6.07, 6.45) is 5.38. The third kappa shape index (κ3) is 3.78. The van der Waals surface area contributed by atoms with Crippen molar-refractivity contribution in [3.05, 3.63) is 0 Å². The van der Waals surface area contributed by atoms with Gasteiger partial charge < -0.3 is 10.2 Å². The normalized spacial score (nSPS) is 18.7. The molecule has 1 atom stereocenters. The van der Waals surface area contributed by atoms with E-state index in [9.17, 15) is 4.79 Å². The molecule has 0 bridgehead atoms. The molecule has 1 N–H and O–H groups in total. The van der Waals surface area contributed by atoms with Crippen molar-refractivity contribution in [1.29, 1.82) is 0 Å². The number of likely N-dealkylation sites (N-methyl/N-ethyl adjacent to an activating group) is 1. The number of rotatable bonds is 6. The first-order valence-corrected chi connectivity index (χ1v) is 6.70. The van der Waals surface area contributed by atoms with E-state index in [4.69, 9.17) is 0 Å². The second kappa shape index (κ2) is 6.89. The van der Waals surface area contributed by atoms with Crippen LogP contribution in [0.4, 0.5) is 0 Å². The Hall–Kier alpha value is -0.570. The van der Waals surface area contributed by atoms with E-state index in [1.165, 1.54) is 25.7 Å². The number of nitrogens with one attached hydrogen (secondary N) is 1. The first kappa shape index (κ1) is 13.5. The number of nitrogens with zero attached hydrogens (tertiary/aromatic N) is 1. The van der Waals surface area contributed by atoms with Gasteiger partial charge in [-0.3, -0.25) is 4.79 Å². The first-order valence-electron chi connectivity index (χ1n) is 6.70. The summed E-state index contributed by atoms with van der Waals surface area (Å²) in [6.45, 7) is 8.40. The predicted octanol–water partition coefficient (Wildman–Crippen LogP) is 2.02. The van der Waals surface area contributed by atoms with E-state index in [0.717, 1.165) is 19.0 Å². The minimum Gasteiger partial charge on any atom is -0.342 e. The lowest BCUT2D eigenvalue weighted by molar-refractivity contribution is -0.130. The molecule has 0 heterocycles. The lowest BCUT2D eigenvalue weighted by Gasteiger charge is -2.23. The highest BCUT2D eigenvalue weighted by molar-refractivity contribution is 5.78. The van der Waals surface area contributed by atoms with Crippen LogP contribution in [0.2, 0.25) is 0 Å². The monoisotopic (exact) mass is 226 g/mol. The van der Waals surface area contributed by atoms with Gasteiger partial charge in [0.1, 0.15) is 0 Å². The minimum absolute atomic E-state index is 0.231. The molecule has 0 aromatic carbocycles. The fraction of sp³-hybridized carbons (Fsp3) is 0.923. The van der Waals surface area contributed by atoms with Crippen LogP contribution in [0.15, 0.2) is 0 Å². The quantitative estimate of drug-likeness (QED) is 0.751. The van der Waals surface area contributed by atoms with Crippen LogP contribution in [0, 0.1) is 5.92 Å². The highest BCUT2D eigenvalue weighted by Gasteiger charge is 2.22. The van der Waals surface area contributed by atoms with E-state index in [1.54, 1.807) is 0 Å². The lowest BCUT2D eigenvalue weighted by atomic mass is 10.00. The molecule has 3 heteroatoms. The molecule has 94 valence electrons. The first-order chi connectivity index (χ1) is 7.69. The van der Waals surface area contributed by atoms with Gasteiger partial charge in [-0.25, -0.2) is 0 Å². The van der Waals surface area contributed by atoms with Crippen molar-refractivity contribution in [3.8, 4) is 0 Å². The summed E-state index contributed by atoms with van der Waals surface area (Å²) in [7, 11) is 0. The number of hydrogen-bond acceptors (Lipinski definition) is 2. The summed E-state index contributed by atoms with van der Waals surface area (Å²) in [4.78, 5) is 13.7. The fourth-order valence-corrected chi connectivity index (χ4v) is 2.56. The van der Waals surface area contributed by atoms with Crippen molar-refractivity contribution < 1.29 is 4.79 Å². The van der Waals surface area contributed by atoms with E-state index in [2.05, 4.69) is 12.2 Å². The molecule has 0 radical (unpaired) electrons. The van der Waals surface area contributed by atoms with Crippen molar-refractivity contribution in [2.75, 3.05) is 19.6 Å². The van der Waals surface area contributed by atoms with Crippen molar-refractivity contribution in [3.63, 3.8) is 0 Å². The summed E-state index contributed by atoms with van der Waals surface area (Å²) in [5, 5.41) is 3.38. The van der Waals surface area contributed by atoms with Crippen LogP contribution >= 0.6 is 0 Å². The molecule has 0 saturated heterocycles. The number of carbonyl (C=O) groups is 1. The van der Waals surface area contributed by atoms with Gasteiger partial charge in [0.05, 0.1) is 6.54 Å². The summed E-state index contributed by atoms with van der Waals surface area (Å²) in [5.41, 5.74) is 0. The molecule has 1 rings (SSSR count). The van der Waals surface area contributed by atoms with Crippen LogP contribution in [0.25, 0.3) is 0 Å². The third-order valence-corrected chi connectivity index (χ3v) is 3.80. The second-order valence-electron chi connectivity index (χ2n) is 4.78. The van der Waals surface area contributed by atoms with Crippen molar-refractivity contribution in [1.82, 2.24) is 10.2 Å². The van der Waals surface area contributed by atoms with Crippen molar-refractivity contribution in [2.24, 2.45) is 5.92 Å². The maximum Gasteiger partial charge on any atom is 0.236 e. The zero-order valence-corrected chi connectivity index (χ0v) is 11.0. The summed E-state index contributed by atoms with van der Waals surface area (Å²) < 4.78 is 0. The summed E-state index contributed by atoms with van der Waals surface area (Å²) in [5.74, 6) is 1.01. The molecule has 0 aliphatic heterocycles. The van der Waals surface area contributed by atoms with E-state index < -0.39 is 0 Å². The molecule has 3 nitrogen and oxygen atoms in total. The Morgan fingerprint density at radius 3 is 2.38 bits per heavy atom. The standard InChI is InChI=1S/C13H26N2O/c1-4-15(5-2)13(16)10-14-11(3)12-8-6-7-9-12/h11-12,14H,4-10H2,1-3H3. The lowest BCUT2D eigenvalue weighted by Crippen LogP contribution is -2.42. The zero-order chi connectivity index (χ0) is 12.0. The van der Waals surface area contributed by atoms with Gasteiger partial charge in [0.25, 0.3) is 0 Å². The van der Waals surface area contributed by atoms with Crippen molar-refractivity contribution in [2.45, 2.75) is 52.5 Å². The SMILES string of the molecule is CCN(CC)C(=O)CNC(C)C1CCCC1. The van der Waals surface area contributed by atoms with Gasteiger partial charge >= 0.3 is 0 Å². The van der Waals surface area contributed by atoms with E-state index >= 15 is 0 Å². The molecular weight excluding hydrogens is 200 g/mol. The van der Waals surface area contributed by atoms with Crippen molar-refractivity contribution >= 4 is 5.91 Å². The molecule has 16 heavy (non-hydrogen) atoms. The average molecular weight is 226 g/mol. The van der Waals surface area contributed by atoms with Gasteiger partial charge in [-0.15, -0.1) is 0 Å². The Kier molecular flexibility index (Phi) is 5.81. The minimum atomic E-state index is 0.231. The molecule has 0 aromatic rings. The van der Waals surface area contributed by atoms with E-state index in [0.29, 0.717) is 12.6 Å². The Labute approximate surface area is 99.6 Å². The Morgan fingerprint density at radius 1 is 1.31 bits per heavy atom. The third-order valence-electron chi connectivity index (χ3n) is 3.80. The van der Waals surface area contributed by atoms with Crippen LogP contribution in [-0.4, -0.2) is 36.5 Å². The highest BCUT2D eigenvalue weighted by atomic mass is 16.2. The molecule has 1 amide bonds. The predicted molar refractivity (Wildman–Crippen MR) is 67.4 cm³/mol.